The Morgan fingerprint density at radius 3 is 2.66 bits per heavy atom. The monoisotopic (exact) mass is 445 g/mol. The molecule has 0 aliphatic rings. The van der Waals surface area contributed by atoms with Gasteiger partial charge in [0.25, 0.3) is 0 Å². The number of nitrogens with zero attached hydrogens (tertiary/aromatic N) is 3. The van der Waals surface area contributed by atoms with Crippen LogP contribution in [0.25, 0.3) is 10.2 Å². The van der Waals surface area contributed by atoms with Crippen LogP contribution >= 0.6 is 11.3 Å². The summed E-state index contributed by atoms with van der Waals surface area (Å²) >= 11 is 1.55. The minimum atomic E-state index is -0.00891. The number of benzene rings is 2. The van der Waals surface area contributed by atoms with E-state index in [1.807, 2.05) is 43.3 Å². The molecule has 0 bridgehead atoms. The van der Waals surface area contributed by atoms with Gasteiger partial charge in [0.05, 0.1) is 36.0 Å². The summed E-state index contributed by atoms with van der Waals surface area (Å²) in [5.41, 5.74) is 4.96. The predicted octanol–water partition coefficient (Wildman–Crippen LogP) is 5.91. The third-order valence-electron chi connectivity index (χ3n) is 5.45. The number of fused-ring (bicyclic) bond motifs is 1. The minimum absolute atomic E-state index is 0.00891. The Kier molecular flexibility index (Phi) is 6.51. The number of pyridine rings is 1. The second-order valence-corrected chi connectivity index (χ2v) is 9.14. The van der Waals surface area contributed by atoms with E-state index in [0.717, 1.165) is 32.8 Å². The van der Waals surface area contributed by atoms with Gasteiger partial charge in [-0.3, -0.25) is 14.7 Å². The molecule has 0 N–H and O–H groups in total. The van der Waals surface area contributed by atoms with Gasteiger partial charge in [0.1, 0.15) is 5.75 Å². The summed E-state index contributed by atoms with van der Waals surface area (Å²) in [6.07, 6.45) is 2.03. The Hall–Kier alpha value is -3.25. The molecule has 0 aliphatic carbocycles. The van der Waals surface area contributed by atoms with Crippen molar-refractivity contribution >= 4 is 32.6 Å². The molecule has 0 spiro atoms. The number of anilines is 1. The summed E-state index contributed by atoms with van der Waals surface area (Å²) < 4.78 is 6.44. The van der Waals surface area contributed by atoms with E-state index in [-0.39, 0.29) is 12.3 Å². The van der Waals surface area contributed by atoms with Crippen molar-refractivity contribution in [1.82, 2.24) is 9.97 Å². The Morgan fingerprint density at radius 1 is 1.12 bits per heavy atom. The van der Waals surface area contributed by atoms with E-state index in [9.17, 15) is 4.79 Å². The lowest BCUT2D eigenvalue weighted by atomic mass is 10.0. The fraction of sp³-hybridized carbons (Fsp3) is 0.269. The lowest BCUT2D eigenvalue weighted by molar-refractivity contribution is -0.118. The zero-order valence-corrected chi connectivity index (χ0v) is 19.6. The highest BCUT2D eigenvalue weighted by atomic mass is 32.1. The van der Waals surface area contributed by atoms with E-state index in [0.29, 0.717) is 17.6 Å². The molecular formula is C26H27N3O2S. The first-order valence-corrected chi connectivity index (χ1v) is 11.5. The van der Waals surface area contributed by atoms with Gasteiger partial charge >= 0.3 is 0 Å². The topological polar surface area (TPSA) is 55.3 Å². The fourth-order valence-electron chi connectivity index (χ4n) is 3.78. The first-order valence-electron chi connectivity index (χ1n) is 10.7. The number of aromatic nitrogens is 2. The number of carbonyl (C=O) groups is 1. The zero-order chi connectivity index (χ0) is 22.7. The number of para-hydroxylation sites is 1. The maximum absolute atomic E-state index is 13.5. The Morgan fingerprint density at radius 2 is 1.97 bits per heavy atom. The van der Waals surface area contributed by atoms with Gasteiger partial charge in [-0.25, -0.2) is 4.98 Å². The quantitative estimate of drug-likeness (QED) is 0.355. The van der Waals surface area contributed by atoms with E-state index >= 15 is 0 Å². The van der Waals surface area contributed by atoms with Crippen LogP contribution in [-0.2, 0) is 17.8 Å². The molecule has 0 saturated carbocycles. The average Bonchev–Trinajstić information content (AvgIpc) is 3.22. The number of carbonyl (C=O) groups excluding carboxylic acids is 1. The van der Waals surface area contributed by atoms with Crippen LogP contribution < -0.4 is 9.64 Å². The smallest absolute Gasteiger partial charge is 0.233 e. The summed E-state index contributed by atoms with van der Waals surface area (Å²) in [6, 6.07) is 17.8. The van der Waals surface area contributed by atoms with Gasteiger partial charge in [0.2, 0.25) is 5.91 Å². The van der Waals surface area contributed by atoms with E-state index < -0.39 is 0 Å². The maximum Gasteiger partial charge on any atom is 0.233 e. The molecule has 2 aromatic heterocycles. The van der Waals surface area contributed by atoms with Gasteiger partial charge in [-0.2, -0.15) is 0 Å². The number of hydrogen-bond acceptors (Lipinski definition) is 5. The standard InChI is InChI=1S/C26H27N3O2S/c1-17(2)21-9-7-10-23-25(21)28-26(32-23)29(16-20-8-5-6-13-27-20)24(30)15-19-11-12-22(31-4)18(3)14-19/h5-14,17H,15-16H2,1-4H3. The second kappa shape index (κ2) is 9.49. The third-order valence-corrected chi connectivity index (χ3v) is 6.50. The molecular weight excluding hydrogens is 418 g/mol. The molecule has 2 aromatic carbocycles. The van der Waals surface area contributed by atoms with E-state index in [1.165, 1.54) is 5.56 Å². The van der Waals surface area contributed by atoms with E-state index in [2.05, 4.69) is 37.0 Å². The Balaban J connectivity index is 1.70. The SMILES string of the molecule is COc1ccc(CC(=O)N(Cc2ccccn2)c2nc3c(C(C)C)cccc3s2)cc1C. The van der Waals surface area contributed by atoms with Crippen LogP contribution in [0, 0.1) is 6.92 Å². The third kappa shape index (κ3) is 4.65. The summed E-state index contributed by atoms with van der Waals surface area (Å²) in [5.74, 6) is 1.17. The largest absolute Gasteiger partial charge is 0.496 e. The average molecular weight is 446 g/mol. The summed E-state index contributed by atoms with van der Waals surface area (Å²) in [4.78, 5) is 24.6. The molecule has 0 aliphatic heterocycles. The maximum atomic E-state index is 13.5. The highest BCUT2D eigenvalue weighted by Gasteiger charge is 2.22. The van der Waals surface area contributed by atoms with Crippen molar-refractivity contribution < 1.29 is 9.53 Å². The number of ether oxygens (including phenoxy) is 1. The van der Waals surface area contributed by atoms with Gasteiger partial charge in [-0.1, -0.05) is 55.5 Å². The minimum Gasteiger partial charge on any atom is -0.496 e. The number of hydrogen-bond donors (Lipinski definition) is 0. The molecule has 4 rings (SSSR count). The molecule has 1 amide bonds. The molecule has 6 heteroatoms. The van der Waals surface area contributed by atoms with Crippen molar-refractivity contribution in [2.24, 2.45) is 0 Å². The van der Waals surface area contributed by atoms with Crippen LogP contribution in [0.2, 0.25) is 0 Å². The molecule has 0 atom stereocenters. The van der Waals surface area contributed by atoms with Crippen LogP contribution in [0.1, 0.15) is 42.1 Å². The Bertz CT molecular complexity index is 1230. The van der Waals surface area contributed by atoms with Crippen LogP contribution in [0.3, 0.4) is 0 Å². The van der Waals surface area contributed by atoms with Crippen LogP contribution in [0.15, 0.2) is 60.8 Å². The number of thiazole rings is 1. The van der Waals surface area contributed by atoms with Gasteiger partial charge in [-0.05, 0) is 53.8 Å². The van der Waals surface area contributed by atoms with Crippen LogP contribution in [0.5, 0.6) is 5.75 Å². The molecule has 0 unspecified atom stereocenters. The van der Waals surface area contributed by atoms with Crippen molar-refractivity contribution in [2.75, 3.05) is 12.0 Å². The molecule has 0 saturated heterocycles. The summed E-state index contributed by atoms with van der Waals surface area (Å²) in [5, 5.41) is 0.703. The highest BCUT2D eigenvalue weighted by Crippen LogP contribution is 2.34. The Labute approximate surface area is 192 Å². The number of methoxy groups -OCH3 is 1. The predicted molar refractivity (Wildman–Crippen MR) is 131 cm³/mol. The lowest BCUT2D eigenvalue weighted by Crippen LogP contribution is -2.32. The number of rotatable bonds is 7. The summed E-state index contributed by atoms with van der Waals surface area (Å²) in [6.45, 7) is 6.69. The first-order chi connectivity index (χ1) is 15.5. The molecule has 2 heterocycles. The molecule has 0 radical (unpaired) electrons. The van der Waals surface area contributed by atoms with Gasteiger partial charge < -0.3 is 4.74 Å². The molecule has 5 nitrogen and oxygen atoms in total. The van der Waals surface area contributed by atoms with Crippen molar-refractivity contribution in [2.45, 2.75) is 39.7 Å². The molecule has 4 aromatic rings. The van der Waals surface area contributed by atoms with E-state index in [4.69, 9.17) is 9.72 Å². The van der Waals surface area contributed by atoms with Gasteiger partial charge in [-0.15, -0.1) is 0 Å². The van der Waals surface area contributed by atoms with Crippen molar-refractivity contribution in [1.29, 1.82) is 0 Å². The first kappa shape index (κ1) is 22.0. The van der Waals surface area contributed by atoms with Gasteiger partial charge in [0.15, 0.2) is 5.13 Å². The van der Waals surface area contributed by atoms with Crippen LogP contribution in [-0.4, -0.2) is 23.0 Å². The highest BCUT2D eigenvalue weighted by molar-refractivity contribution is 7.22. The van der Waals surface area contributed by atoms with Crippen LogP contribution in [0.4, 0.5) is 5.13 Å². The molecule has 0 fully saturated rings. The van der Waals surface area contributed by atoms with Crippen molar-refractivity contribution in [3.8, 4) is 5.75 Å². The van der Waals surface area contributed by atoms with E-state index in [1.54, 1.807) is 29.5 Å². The lowest BCUT2D eigenvalue weighted by Gasteiger charge is -2.20. The second-order valence-electron chi connectivity index (χ2n) is 8.13. The number of amides is 1. The normalized spacial score (nSPS) is 11.2. The van der Waals surface area contributed by atoms with Crippen molar-refractivity contribution in [3.05, 3.63) is 83.2 Å². The van der Waals surface area contributed by atoms with Gasteiger partial charge in [0, 0.05) is 6.20 Å². The molecule has 164 valence electrons. The zero-order valence-electron chi connectivity index (χ0n) is 18.8. The number of aryl methyl sites for hydroxylation is 1. The van der Waals surface area contributed by atoms with Crippen molar-refractivity contribution in [3.63, 3.8) is 0 Å². The summed E-state index contributed by atoms with van der Waals surface area (Å²) in [7, 11) is 1.65. The molecule has 32 heavy (non-hydrogen) atoms. The fourth-order valence-corrected chi connectivity index (χ4v) is 4.79.